The lowest BCUT2D eigenvalue weighted by atomic mass is 10.1. The van der Waals surface area contributed by atoms with E-state index in [0.717, 1.165) is 63.5 Å². The number of carbonyl (C=O) groups excluding carboxylic acids is 2. The van der Waals surface area contributed by atoms with Crippen molar-refractivity contribution in [1.82, 2.24) is 10.6 Å². The Morgan fingerprint density at radius 1 is 0.892 bits per heavy atom. The lowest BCUT2D eigenvalue weighted by molar-refractivity contribution is 0.0601. The number of nitrogens with two attached hydrogens (primary N) is 1. The van der Waals surface area contributed by atoms with E-state index in [9.17, 15) is 14.0 Å². The normalized spacial score (nSPS) is 10.7. The van der Waals surface area contributed by atoms with Crippen LogP contribution in [0.1, 0.15) is 41.6 Å². The van der Waals surface area contributed by atoms with Crippen LogP contribution in [0.25, 0.3) is 0 Å². The summed E-state index contributed by atoms with van der Waals surface area (Å²) in [6.07, 6.45) is 3.75. The number of unbranched alkanes of at least 4 members (excludes halogenated alkanes) is 1. The van der Waals surface area contributed by atoms with E-state index in [2.05, 4.69) is 21.3 Å². The first-order valence-electron chi connectivity index (χ1n) is 12.8. The largest absolute Gasteiger partial charge is 0.465 e. The van der Waals surface area contributed by atoms with Crippen molar-refractivity contribution in [2.24, 2.45) is 5.73 Å². The van der Waals surface area contributed by atoms with Gasteiger partial charge < -0.3 is 31.2 Å². The molecule has 0 bridgehead atoms. The molecule has 0 aliphatic heterocycles. The number of ether oxygens (including phenoxy) is 2. The third-order valence-electron chi connectivity index (χ3n) is 5.58. The van der Waals surface area contributed by atoms with Gasteiger partial charge in [0.2, 0.25) is 0 Å². The highest BCUT2D eigenvalue weighted by molar-refractivity contribution is 6.00. The topological polar surface area (TPSA) is 127 Å². The molecule has 0 unspecified atom stereocenters. The van der Waals surface area contributed by atoms with Crippen LogP contribution in [-0.2, 0) is 15.9 Å². The van der Waals surface area contributed by atoms with E-state index in [0.29, 0.717) is 19.5 Å². The van der Waals surface area contributed by atoms with Gasteiger partial charge in [0.1, 0.15) is 5.82 Å². The first-order chi connectivity index (χ1) is 18.0. The van der Waals surface area contributed by atoms with Gasteiger partial charge in [-0.1, -0.05) is 30.3 Å². The van der Waals surface area contributed by atoms with E-state index in [4.69, 9.17) is 15.2 Å². The number of hydrogen-bond acceptors (Lipinski definition) is 8. The first kappa shape index (κ1) is 30.0. The Morgan fingerprint density at radius 2 is 1.57 bits per heavy atom. The summed E-state index contributed by atoms with van der Waals surface area (Å²) in [6, 6.07) is 12.0. The number of nitrogens with one attached hydrogen (secondary N) is 4. The fourth-order valence-corrected chi connectivity index (χ4v) is 3.56. The van der Waals surface area contributed by atoms with Gasteiger partial charge in [-0.15, -0.1) is 0 Å². The highest BCUT2D eigenvalue weighted by atomic mass is 19.1. The molecule has 0 spiro atoms. The first-order valence-corrected chi connectivity index (χ1v) is 12.8. The number of methoxy groups -OCH3 is 1. The second kappa shape index (κ2) is 18.1. The van der Waals surface area contributed by atoms with Gasteiger partial charge in [0.05, 0.1) is 30.7 Å². The Hall–Kier alpha value is -3.21. The van der Waals surface area contributed by atoms with Crippen molar-refractivity contribution in [1.29, 1.82) is 0 Å². The minimum absolute atomic E-state index is 0.0928. The zero-order valence-corrected chi connectivity index (χ0v) is 21.6. The third-order valence-corrected chi connectivity index (χ3v) is 5.58. The summed E-state index contributed by atoms with van der Waals surface area (Å²) < 4.78 is 24.6. The van der Waals surface area contributed by atoms with E-state index in [1.165, 1.54) is 13.2 Å². The summed E-state index contributed by atoms with van der Waals surface area (Å²) in [6.45, 7) is 5.04. The molecule has 0 atom stereocenters. The maximum atomic E-state index is 14.6. The molecule has 0 radical (unpaired) electrons. The number of benzene rings is 2. The van der Waals surface area contributed by atoms with Crippen molar-refractivity contribution in [3.05, 3.63) is 59.4 Å². The van der Waals surface area contributed by atoms with Crippen molar-refractivity contribution in [3.8, 4) is 0 Å². The standard InChI is InChI=1S/C27H40FN5O4/c1-36-26(34)22-19-23(28)25(32-17-8-16-31-14-6-5-13-30-15-7-12-29)20-24(22)33-27(35)37-18-11-21-9-3-2-4-10-21/h2-4,9-10,19-20,30-32H,5-8,11-18,29H2,1H3,(H,33,35). The molecule has 2 aromatic rings. The summed E-state index contributed by atoms with van der Waals surface area (Å²) >= 11 is 0. The average molecular weight is 518 g/mol. The molecule has 6 N–H and O–H groups in total. The predicted octanol–water partition coefficient (Wildman–Crippen LogP) is 3.51. The summed E-state index contributed by atoms with van der Waals surface area (Å²) in [4.78, 5) is 24.5. The smallest absolute Gasteiger partial charge is 0.411 e. The van der Waals surface area contributed by atoms with Crippen LogP contribution >= 0.6 is 0 Å². The molecule has 37 heavy (non-hydrogen) atoms. The molecule has 0 fully saturated rings. The fourth-order valence-electron chi connectivity index (χ4n) is 3.56. The highest BCUT2D eigenvalue weighted by Gasteiger charge is 2.18. The lowest BCUT2D eigenvalue weighted by Crippen LogP contribution is -2.22. The Morgan fingerprint density at radius 3 is 2.24 bits per heavy atom. The molecule has 1 amide bonds. The molecule has 2 aromatic carbocycles. The van der Waals surface area contributed by atoms with E-state index in [1.54, 1.807) is 0 Å². The SMILES string of the molecule is COC(=O)c1cc(F)c(NCCCNCCCCNCCCN)cc1NC(=O)OCCc1ccccc1. The van der Waals surface area contributed by atoms with Crippen molar-refractivity contribution in [3.63, 3.8) is 0 Å². The number of carbonyl (C=O) groups is 2. The highest BCUT2D eigenvalue weighted by Crippen LogP contribution is 2.26. The molecule has 0 heterocycles. The van der Waals surface area contributed by atoms with Crippen LogP contribution in [0.5, 0.6) is 0 Å². The van der Waals surface area contributed by atoms with Crippen molar-refractivity contribution in [2.75, 3.05) is 63.6 Å². The van der Waals surface area contributed by atoms with E-state index < -0.39 is 17.9 Å². The van der Waals surface area contributed by atoms with Crippen LogP contribution in [0.15, 0.2) is 42.5 Å². The summed E-state index contributed by atoms with van der Waals surface area (Å²) in [5.74, 6) is -1.37. The number of hydrogen-bond donors (Lipinski definition) is 5. The Kier molecular flexibility index (Phi) is 14.7. The van der Waals surface area contributed by atoms with Gasteiger partial charge in [0, 0.05) is 13.0 Å². The number of rotatable bonds is 18. The second-order valence-electron chi connectivity index (χ2n) is 8.50. The summed E-state index contributed by atoms with van der Waals surface area (Å²) in [7, 11) is 1.19. The van der Waals surface area contributed by atoms with Gasteiger partial charge in [0.25, 0.3) is 0 Å². The molecule has 0 saturated heterocycles. The number of anilines is 2. The molecule has 10 heteroatoms. The average Bonchev–Trinajstić information content (AvgIpc) is 2.90. The van der Waals surface area contributed by atoms with Gasteiger partial charge in [-0.2, -0.15) is 0 Å². The van der Waals surface area contributed by atoms with E-state index >= 15 is 0 Å². The summed E-state index contributed by atoms with van der Waals surface area (Å²) in [5.41, 5.74) is 6.69. The maximum absolute atomic E-state index is 14.6. The molecule has 9 nitrogen and oxygen atoms in total. The van der Waals surface area contributed by atoms with Crippen LogP contribution in [0.4, 0.5) is 20.6 Å². The van der Waals surface area contributed by atoms with Gasteiger partial charge in [-0.25, -0.2) is 14.0 Å². The monoisotopic (exact) mass is 517 g/mol. The molecule has 0 saturated carbocycles. The molecule has 0 aliphatic rings. The number of amides is 1. The van der Waals surface area contributed by atoms with Gasteiger partial charge in [-0.05, 0) is 76.1 Å². The van der Waals surface area contributed by atoms with E-state index in [1.807, 2.05) is 30.3 Å². The fraction of sp³-hybridized carbons (Fsp3) is 0.481. The zero-order valence-electron chi connectivity index (χ0n) is 21.6. The van der Waals surface area contributed by atoms with Crippen LogP contribution in [0, 0.1) is 5.82 Å². The predicted molar refractivity (Wildman–Crippen MR) is 145 cm³/mol. The maximum Gasteiger partial charge on any atom is 0.411 e. The minimum atomic E-state index is -0.760. The van der Waals surface area contributed by atoms with Crippen LogP contribution in [-0.4, -0.2) is 65.0 Å². The molecule has 0 aliphatic carbocycles. The molecule has 204 valence electrons. The zero-order chi connectivity index (χ0) is 26.7. The van der Waals surface area contributed by atoms with Gasteiger partial charge >= 0.3 is 12.1 Å². The lowest BCUT2D eigenvalue weighted by Gasteiger charge is -2.14. The summed E-state index contributed by atoms with van der Waals surface area (Å²) in [5, 5.41) is 12.3. The van der Waals surface area contributed by atoms with Crippen LogP contribution in [0.2, 0.25) is 0 Å². The van der Waals surface area contributed by atoms with Crippen molar-refractivity contribution < 1.29 is 23.5 Å². The minimum Gasteiger partial charge on any atom is -0.465 e. The quantitative estimate of drug-likeness (QED) is 0.150. The second-order valence-corrected chi connectivity index (χ2v) is 8.50. The van der Waals surface area contributed by atoms with Gasteiger partial charge in [0.15, 0.2) is 0 Å². The third kappa shape index (κ3) is 12.1. The Balaban J connectivity index is 1.78. The Labute approximate surface area is 218 Å². The molecular formula is C27H40FN5O4. The number of halogens is 1. The van der Waals surface area contributed by atoms with Crippen molar-refractivity contribution in [2.45, 2.75) is 32.1 Å². The Bertz CT molecular complexity index is 946. The van der Waals surface area contributed by atoms with Crippen LogP contribution < -0.4 is 27.0 Å². The molecule has 0 aromatic heterocycles. The van der Waals surface area contributed by atoms with E-state index in [-0.39, 0.29) is 23.5 Å². The number of esters is 1. The molecule has 2 rings (SSSR count). The molecular weight excluding hydrogens is 477 g/mol. The van der Waals surface area contributed by atoms with Crippen LogP contribution in [0.3, 0.4) is 0 Å². The van der Waals surface area contributed by atoms with Crippen molar-refractivity contribution >= 4 is 23.4 Å². The van der Waals surface area contributed by atoms with Gasteiger partial charge in [-0.3, -0.25) is 5.32 Å².